The third-order valence-electron chi connectivity index (χ3n) is 11.8. The van der Waals surface area contributed by atoms with Crippen LogP contribution >= 0.6 is 0 Å². The number of benzene rings is 5. The van der Waals surface area contributed by atoms with Crippen LogP contribution in [0.15, 0.2) is 90.5 Å². The third kappa shape index (κ3) is 3.33. The summed E-state index contributed by atoms with van der Waals surface area (Å²) in [4.78, 5) is 0. The Labute approximate surface area is 266 Å². The van der Waals surface area contributed by atoms with E-state index in [1.807, 2.05) is 0 Å². The maximum Gasteiger partial charge on any atom is 0.0317 e. The lowest BCUT2D eigenvalue weighted by molar-refractivity contribution is 0.590. The minimum Gasteiger partial charge on any atom is -0.0830 e. The molecule has 2 unspecified atom stereocenters. The van der Waals surface area contributed by atoms with Crippen LogP contribution in [-0.4, -0.2) is 0 Å². The van der Waals surface area contributed by atoms with Crippen LogP contribution in [-0.2, 0) is 17.3 Å². The van der Waals surface area contributed by atoms with Crippen molar-refractivity contribution in [2.24, 2.45) is 0 Å². The normalized spacial score (nSPS) is 21.1. The van der Waals surface area contributed by atoms with Gasteiger partial charge in [0.25, 0.3) is 0 Å². The minimum atomic E-state index is -0.0428. The van der Waals surface area contributed by atoms with Crippen molar-refractivity contribution in [3.05, 3.63) is 141 Å². The van der Waals surface area contributed by atoms with Crippen LogP contribution in [0.25, 0.3) is 56.5 Å². The molecule has 0 fully saturated rings. The summed E-state index contributed by atoms with van der Waals surface area (Å²) >= 11 is 0. The SMILES string of the molecule is CC(C)(C)c1cc2c3c4c(ccc3c1)C=C1C(C4=CC2)c2ccc(-c3ccc4c5c6c(ccc35)C=CCC6C=C4)cc2C1(C)C. The fourth-order valence-corrected chi connectivity index (χ4v) is 9.45. The zero-order chi connectivity index (χ0) is 30.4. The van der Waals surface area contributed by atoms with Gasteiger partial charge >= 0.3 is 0 Å². The molecule has 0 N–H and O–H groups in total. The van der Waals surface area contributed by atoms with Crippen molar-refractivity contribution in [2.45, 2.75) is 70.1 Å². The fraction of sp³-hybridized carbons (Fsp3) is 0.244. The van der Waals surface area contributed by atoms with Gasteiger partial charge in [0.15, 0.2) is 0 Å². The molecule has 0 aliphatic heterocycles. The van der Waals surface area contributed by atoms with Crippen LogP contribution in [0, 0.1) is 0 Å². The summed E-state index contributed by atoms with van der Waals surface area (Å²) in [6.45, 7) is 11.9. The molecular formula is C45H38. The smallest absolute Gasteiger partial charge is 0.0317 e. The fourth-order valence-electron chi connectivity index (χ4n) is 9.45. The number of rotatable bonds is 1. The summed E-state index contributed by atoms with van der Waals surface area (Å²) in [6.07, 6.45) is 16.6. The first kappa shape index (κ1) is 25.9. The van der Waals surface area contributed by atoms with Gasteiger partial charge in [-0.2, -0.15) is 0 Å². The average Bonchev–Trinajstić information content (AvgIpc) is 3.27. The second kappa shape index (κ2) is 8.43. The Morgan fingerprint density at radius 1 is 0.800 bits per heavy atom. The van der Waals surface area contributed by atoms with Gasteiger partial charge in [0.1, 0.15) is 0 Å². The molecule has 0 aromatic heterocycles. The Hall–Kier alpha value is -4.42. The second-order valence-electron chi connectivity index (χ2n) is 15.6. The van der Waals surface area contributed by atoms with Gasteiger partial charge in [0.05, 0.1) is 0 Å². The lowest BCUT2D eigenvalue weighted by Crippen LogP contribution is -2.20. The largest absolute Gasteiger partial charge is 0.0830 e. The van der Waals surface area contributed by atoms with Crippen LogP contribution in [0.2, 0.25) is 0 Å². The topological polar surface area (TPSA) is 0 Å². The molecule has 0 amide bonds. The van der Waals surface area contributed by atoms with Crippen molar-refractivity contribution in [1.82, 2.24) is 0 Å². The molecule has 5 aromatic rings. The highest BCUT2D eigenvalue weighted by molar-refractivity contribution is 6.08. The highest BCUT2D eigenvalue weighted by Crippen LogP contribution is 2.60. The van der Waals surface area contributed by atoms with E-state index in [0.717, 1.165) is 12.8 Å². The molecule has 10 rings (SSSR count). The van der Waals surface area contributed by atoms with Gasteiger partial charge in [-0.05, 0) is 118 Å². The first-order valence-corrected chi connectivity index (χ1v) is 16.8. The zero-order valence-electron chi connectivity index (χ0n) is 26.9. The van der Waals surface area contributed by atoms with E-state index >= 15 is 0 Å². The standard InChI is InChI=1S/C45H38/c1-44(2,3)32-21-29-11-12-31-24-38-43(36-20-16-30(22-32)40(29)42(31)36)35-19-15-28(23-37(35)45(38,4)5)33-17-13-27-10-9-25-7-6-8-26-14-18-34(33)41(27)39(25)26/h6,8-15,17-25,43H,7,16H2,1-5H3. The van der Waals surface area contributed by atoms with E-state index in [1.54, 1.807) is 5.57 Å². The molecule has 45 heavy (non-hydrogen) atoms. The molecule has 0 saturated heterocycles. The molecule has 0 bridgehead atoms. The van der Waals surface area contributed by atoms with Crippen molar-refractivity contribution in [1.29, 1.82) is 0 Å². The predicted molar refractivity (Wildman–Crippen MR) is 193 cm³/mol. The summed E-state index contributed by atoms with van der Waals surface area (Å²) < 4.78 is 0. The van der Waals surface area contributed by atoms with Gasteiger partial charge in [0.2, 0.25) is 0 Å². The van der Waals surface area contributed by atoms with Crippen molar-refractivity contribution in [3.63, 3.8) is 0 Å². The quantitative estimate of drug-likeness (QED) is 0.186. The molecule has 0 radical (unpaired) electrons. The summed E-state index contributed by atoms with van der Waals surface area (Å²) in [5.74, 6) is 0.819. The predicted octanol–water partition coefficient (Wildman–Crippen LogP) is 11.9. The van der Waals surface area contributed by atoms with E-state index in [1.165, 1.54) is 88.3 Å². The summed E-state index contributed by atoms with van der Waals surface area (Å²) in [5, 5.41) is 5.72. The molecule has 0 heteroatoms. The highest BCUT2D eigenvalue weighted by Gasteiger charge is 2.46. The van der Waals surface area contributed by atoms with Crippen molar-refractivity contribution in [3.8, 4) is 11.1 Å². The molecular weight excluding hydrogens is 540 g/mol. The van der Waals surface area contributed by atoms with E-state index in [2.05, 4.69) is 138 Å². The monoisotopic (exact) mass is 578 g/mol. The molecule has 0 nitrogen and oxygen atoms in total. The van der Waals surface area contributed by atoms with Crippen LogP contribution in [0.3, 0.4) is 0 Å². The molecule has 0 spiro atoms. The number of allylic oxidation sites excluding steroid dienone is 5. The van der Waals surface area contributed by atoms with Crippen LogP contribution in [0.5, 0.6) is 0 Å². The molecule has 0 heterocycles. The average molecular weight is 579 g/mol. The summed E-state index contributed by atoms with van der Waals surface area (Å²) in [7, 11) is 0. The van der Waals surface area contributed by atoms with E-state index < -0.39 is 0 Å². The van der Waals surface area contributed by atoms with E-state index in [-0.39, 0.29) is 10.8 Å². The van der Waals surface area contributed by atoms with Gasteiger partial charge in [-0.25, -0.2) is 0 Å². The van der Waals surface area contributed by atoms with Gasteiger partial charge in [-0.1, -0.05) is 132 Å². The number of hydrogen-bond acceptors (Lipinski definition) is 0. The lowest BCUT2D eigenvalue weighted by Gasteiger charge is -2.34. The Bertz CT molecular complexity index is 2320. The van der Waals surface area contributed by atoms with Gasteiger partial charge in [-0.3, -0.25) is 0 Å². The molecule has 218 valence electrons. The minimum absolute atomic E-state index is 0.0428. The van der Waals surface area contributed by atoms with Crippen LogP contribution in [0.1, 0.15) is 103 Å². The number of hydrogen-bond donors (Lipinski definition) is 0. The summed E-state index contributed by atoms with van der Waals surface area (Å²) in [5.41, 5.74) is 18.9. The maximum atomic E-state index is 2.57. The van der Waals surface area contributed by atoms with Crippen LogP contribution in [0.4, 0.5) is 0 Å². The van der Waals surface area contributed by atoms with E-state index in [4.69, 9.17) is 0 Å². The molecule has 2 atom stereocenters. The van der Waals surface area contributed by atoms with Gasteiger partial charge < -0.3 is 0 Å². The molecule has 5 aliphatic rings. The van der Waals surface area contributed by atoms with E-state index in [9.17, 15) is 0 Å². The van der Waals surface area contributed by atoms with Gasteiger partial charge in [-0.15, -0.1) is 0 Å². The van der Waals surface area contributed by atoms with Crippen molar-refractivity contribution >= 4 is 45.3 Å². The Kier molecular flexibility index (Phi) is 4.85. The van der Waals surface area contributed by atoms with E-state index in [0.29, 0.717) is 11.8 Å². The first-order valence-electron chi connectivity index (χ1n) is 16.8. The second-order valence-corrected chi connectivity index (χ2v) is 15.6. The third-order valence-corrected chi connectivity index (χ3v) is 11.8. The molecule has 5 aromatic carbocycles. The maximum absolute atomic E-state index is 2.57. The van der Waals surface area contributed by atoms with Crippen molar-refractivity contribution < 1.29 is 0 Å². The van der Waals surface area contributed by atoms with Crippen LogP contribution < -0.4 is 0 Å². The Morgan fingerprint density at radius 2 is 1.64 bits per heavy atom. The Balaban J connectivity index is 1.15. The summed E-state index contributed by atoms with van der Waals surface area (Å²) in [6, 6.07) is 26.5. The van der Waals surface area contributed by atoms with Gasteiger partial charge in [0, 0.05) is 17.3 Å². The zero-order valence-corrected chi connectivity index (χ0v) is 26.9. The molecule has 5 aliphatic carbocycles. The van der Waals surface area contributed by atoms with Crippen molar-refractivity contribution in [2.75, 3.05) is 0 Å². The number of fused-ring (bicyclic) bond motifs is 4. The Morgan fingerprint density at radius 3 is 2.51 bits per heavy atom. The first-order chi connectivity index (χ1) is 21.7. The highest BCUT2D eigenvalue weighted by atomic mass is 14.5. The molecule has 0 saturated carbocycles. The lowest BCUT2D eigenvalue weighted by atomic mass is 9.69.